The molecule has 100 valence electrons. The van der Waals surface area contributed by atoms with Gasteiger partial charge >= 0.3 is 5.69 Å². The molecule has 7 nitrogen and oxygen atoms in total. The smallest absolute Gasteiger partial charge is 0.275 e. The minimum atomic E-state index is -2.75. The van der Waals surface area contributed by atoms with Crippen molar-refractivity contribution in [3.8, 4) is 0 Å². The summed E-state index contributed by atoms with van der Waals surface area (Å²) in [4.78, 5) is 24.7. The molecule has 2 rings (SSSR count). The molecule has 19 heavy (non-hydrogen) atoms. The first kappa shape index (κ1) is 13.4. The van der Waals surface area contributed by atoms with E-state index >= 15 is 0 Å². The fourth-order valence-corrected chi connectivity index (χ4v) is 1.96. The molecular weight excluding hydrogens is 294 g/mol. The molecule has 9 heteroatoms. The van der Waals surface area contributed by atoms with Gasteiger partial charge in [-0.2, -0.15) is 8.42 Å². The highest BCUT2D eigenvalue weighted by Crippen LogP contribution is 2.09. The normalized spacial score (nSPS) is 10.4. The van der Waals surface area contributed by atoms with Crippen molar-refractivity contribution in [3.63, 3.8) is 0 Å². The fraction of sp³-hybridized carbons (Fsp3) is 0.100. The molecule has 1 aromatic carbocycles. The topological polar surface area (TPSA) is 105 Å². The lowest BCUT2D eigenvalue weighted by atomic mass is 10.2. The Labute approximate surface area is 112 Å². The molecule has 0 aliphatic carbocycles. The van der Waals surface area contributed by atoms with E-state index in [9.17, 15) is 18.0 Å². The SMILES string of the molecule is O=c1[nH]c(=O)n(Cc2ccc(Cl)cc2)[nH]c1=S(=O)=O. The summed E-state index contributed by atoms with van der Waals surface area (Å²) in [6.07, 6.45) is 0. The zero-order valence-electron chi connectivity index (χ0n) is 9.38. The van der Waals surface area contributed by atoms with Crippen molar-refractivity contribution in [2.24, 2.45) is 0 Å². The van der Waals surface area contributed by atoms with Crippen LogP contribution in [-0.4, -0.2) is 23.2 Å². The van der Waals surface area contributed by atoms with Crippen LogP contribution in [0.4, 0.5) is 0 Å². The molecule has 0 saturated heterocycles. The highest BCUT2D eigenvalue weighted by atomic mass is 35.5. The molecule has 0 saturated carbocycles. The van der Waals surface area contributed by atoms with E-state index in [0.717, 1.165) is 10.2 Å². The lowest BCUT2D eigenvalue weighted by molar-refractivity contribution is 0.592. The number of rotatable bonds is 2. The van der Waals surface area contributed by atoms with Crippen LogP contribution in [-0.2, 0) is 16.8 Å². The molecule has 0 amide bonds. The third-order valence-corrected chi connectivity index (χ3v) is 3.19. The first-order chi connectivity index (χ1) is 8.97. The third kappa shape index (κ3) is 3.04. The minimum Gasteiger partial charge on any atom is -0.275 e. The predicted octanol–water partition coefficient (Wildman–Crippen LogP) is -0.0225. The summed E-state index contributed by atoms with van der Waals surface area (Å²) in [6.45, 7) is 0.0803. The molecule has 0 aliphatic heterocycles. The molecule has 0 fully saturated rings. The maximum absolute atomic E-state index is 11.5. The van der Waals surface area contributed by atoms with Gasteiger partial charge in [0.1, 0.15) is 0 Å². The maximum Gasteiger partial charge on any atom is 0.343 e. The van der Waals surface area contributed by atoms with Gasteiger partial charge in [0.25, 0.3) is 5.56 Å². The Morgan fingerprint density at radius 1 is 1.16 bits per heavy atom. The number of H-pyrrole nitrogens is 2. The van der Waals surface area contributed by atoms with Gasteiger partial charge < -0.3 is 0 Å². The van der Waals surface area contributed by atoms with E-state index in [2.05, 4.69) is 5.10 Å². The Hall–Kier alpha value is -2.06. The van der Waals surface area contributed by atoms with E-state index < -0.39 is 26.2 Å². The first-order valence-corrected chi connectivity index (χ1v) is 6.53. The van der Waals surface area contributed by atoms with Crippen LogP contribution in [0.15, 0.2) is 33.9 Å². The zero-order valence-corrected chi connectivity index (χ0v) is 11.0. The lowest BCUT2D eigenvalue weighted by Gasteiger charge is -2.04. The van der Waals surface area contributed by atoms with Crippen molar-refractivity contribution in [3.05, 3.63) is 60.3 Å². The number of nitrogens with one attached hydrogen (secondary N) is 2. The summed E-state index contributed by atoms with van der Waals surface area (Å²) in [7, 11) is -2.75. The van der Waals surface area contributed by atoms with Crippen LogP contribution in [0.5, 0.6) is 0 Å². The average molecular weight is 302 g/mol. The maximum atomic E-state index is 11.5. The van der Waals surface area contributed by atoms with Crippen molar-refractivity contribution in [2.75, 3.05) is 0 Å². The van der Waals surface area contributed by atoms with Crippen LogP contribution in [0.1, 0.15) is 5.56 Å². The van der Waals surface area contributed by atoms with E-state index in [1.165, 1.54) is 0 Å². The number of nitrogens with zero attached hydrogens (tertiary/aromatic N) is 1. The van der Waals surface area contributed by atoms with Crippen LogP contribution < -0.4 is 11.2 Å². The molecule has 2 aromatic rings. The summed E-state index contributed by atoms with van der Waals surface area (Å²) < 4.78 is 22.0. The van der Waals surface area contributed by atoms with Gasteiger partial charge in [-0.15, -0.1) is 0 Å². The molecular formula is C10H8ClN3O4S. The van der Waals surface area contributed by atoms with E-state index in [1.807, 2.05) is 4.98 Å². The van der Waals surface area contributed by atoms with Gasteiger partial charge in [0.05, 0.1) is 6.54 Å². The Morgan fingerprint density at radius 2 is 1.79 bits per heavy atom. The Morgan fingerprint density at radius 3 is 2.37 bits per heavy atom. The van der Waals surface area contributed by atoms with Gasteiger partial charge in [0.2, 0.25) is 14.9 Å². The lowest BCUT2D eigenvalue weighted by Crippen LogP contribution is -2.33. The largest absolute Gasteiger partial charge is 0.343 e. The van der Waals surface area contributed by atoms with Crippen molar-refractivity contribution < 1.29 is 8.42 Å². The molecule has 2 N–H and O–H groups in total. The number of hydrogen-bond donors (Lipinski definition) is 2. The molecule has 0 radical (unpaired) electrons. The monoisotopic (exact) mass is 301 g/mol. The molecule has 0 bridgehead atoms. The second kappa shape index (κ2) is 5.29. The quantitative estimate of drug-likeness (QED) is 0.760. The summed E-state index contributed by atoms with van der Waals surface area (Å²) in [6, 6.07) is 6.64. The van der Waals surface area contributed by atoms with Crippen LogP contribution in [0, 0.1) is 4.64 Å². The number of benzene rings is 1. The Kier molecular flexibility index (Phi) is 3.72. The van der Waals surface area contributed by atoms with Crippen molar-refractivity contribution in [1.29, 1.82) is 0 Å². The summed E-state index contributed by atoms with van der Waals surface area (Å²) in [5.41, 5.74) is -0.989. The molecule has 1 heterocycles. The van der Waals surface area contributed by atoms with Gasteiger partial charge in [-0.1, -0.05) is 23.7 Å². The first-order valence-electron chi connectivity index (χ1n) is 5.07. The van der Waals surface area contributed by atoms with Crippen LogP contribution in [0.3, 0.4) is 0 Å². The second-order valence-electron chi connectivity index (χ2n) is 3.65. The number of aromatic nitrogens is 3. The number of halogens is 1. The Bertz CT molecular complexity index is 882. The molecule has 0 spiro atoms. The highest BCUT2D eigenvalue weighted by Gasteiger charge is 2.02. The van der Waals surface area contributed by atoms with Gasteiger partial charge in [-0.05, 0) is 17.7 Å². The van der Waals surface area contributed by atoms with Crippen LogP contribution >= 0.6 is 11.6 Å². The summed E-state index contributed by atoms with van der Waals surface area (Å²) >= 11 is 5.73. The van der Waals surface area contributed by atoms with Crippen molar-refractivity contribution >= 4 is 21.9 Å². The summed E-state index contributed by atoms with van der Waals surface area (Å²) in [5.74, 6) is 0. The predicted molar refractivity (Wildman–Crippen MR) is 68.4 cm³/mol. The standard InChI is InChI=1S/C10H8ClN3O4S/c11-7-3-1-6(2-4-7)5-14-10(16)12-8(15)9(13-14)19(17)18/h1-4,13H,5H2,(H,12,15,16). The second-order valence-corrected chi connectivity index (χ2v) is 4.96. The average Bonchev–Trinajstić information content (AvgIpc) is 2.34. The summed E-state index contributed by atoms with van der Waals surface area (Å²) in [5, 5.41) is 2.80. The van der Waals surface area contributed by atoms with E-state index in [-0.39, 0.29) is 6.54 Å². The molecule has 0 unspecified atom stereocenters. The number of aromatic amines is 2. The van der Waals surface area contributed by atoms with E-state index in [4.69, 9.17) is 11.6 Å². The molecule has 0 aliphatic rings. The van der Waals surface area contributed by atoms with Gasteiger partial charge in [-0.3, -0.25) is 14.9 Å². The van der Waals surface area contributed by atoms with Crippen molar-refractivity contribution in [2.45, 2.75) is 6.54 Å². The van der Waals surface area contributed by atoms with Crippen molar-refractivity contribution in [1.82, 2.24) is 14.8 Å². The van der Waals surface area contributed by atoms with Gasteiger partial charge in [0, 0.05) is 5.02 Å². The van der Waals surface area contributed by atoms with Crippen LogP contribution in [0.2, 0.25) is 5.02 Å². The van der Waals surface area contributed by atoms with E-state index in [0.29, 0.717) is 5.02 Å². The molecule has 0 atom stereocenters. The minimum absolute atomic E-state index is 0.0803. The third-order valence-electron chi connectivity index (χ3n) is 2.33. The zero-order chi connectivity index (χ0) is 14.0. The Balaban J connectivity index is 2.56. The van der Waals surface area contributed by atoms with E-state index in [1.54, 1.807) is 24.3 Å². The van der Waals surface area contributed by atoms with Crippen LogP contribution in [0.25, 0.3) is 0 Å². The van der Waals surface area contributed by atoms with Gasteiger partial charge in [-0.25, -0.2) is 9.48 Å². The highest BCUT2D eigenvalue weighted by molar-refractivity contribution is 7.63. The van der Waals surface area contributed by atoms with Gasteiger partial charge in [0.15, 0.2) is 0 Å². The number of hydrogen-bond acceptors (Lipinski definition) is 4. The molecule has 1 aromatic heterocycles. The fourth-order valence-electron chi connectivity index (χ4n) is 1.44.